The van der Waals surface area contributed by atoms with E-state index in [1.165, 1.54) is 19.3 Å². The Bertz CT molecular complexity index is 729. The number of hydrogen-bond acceptors (Lipinski definition) is 3. The van der Waals surface area contributed by atoms with Gasteiger partial charge in [0.05, 0.1) is 5.41 Å². The summed E-state index contributed by atoms with van der Waals surface area (Å²) in [6.45, 7) is 0. The SMILES string of the molecule is NC(=O)N[C@H](Cc1ccccc1)C(=O)NNC(=O)C12CC3CC(CC(C3)C1)C2. The van der Waals surface area contributed by atoms with Gasteiger partial charge in [0.25, 0.3) is 5.91 Å². The number of nitrogens with one attached hydrogen (secondary N) is 3. The van der Waals surface area contributed by atoms with Crippen LogP contribution in [0.1, 0.15) is 44.1 Å². The molecule has 0 spiro atoms. The number of primary amides is 1. The van der Waals surface area contributed by atoms with E-state index in [1.807, 2.05) is 30.3 Å². The van der Waals surface area contributed by atoms with Crippen molar-refractivity contribution in [2.75, 3.05) is 0 Å². The average Bonchev–Trinajstić information content (AvgIpc) is 2.64. The smallest absolute Gasteiger partial charge is 0.312 e. The first-order chi connectivity index (χ1) is 13.4. The third-order valence-corrected chi connectivity index (χ3v) is 6.73. The maximum atomic E-state index is 13.0. The number of rotatable bonds is 5. The Labute approximate surface area is 164 Å². The van der Waals surface area contributed by atoms with E-state index >= 15 is 0 Å². The normalized spacial score (nSPS) is 31.1. The van der Waals surface area contributed by atoms with E-state index in [0.29, 0.717) is 24.2 Å². The molecule has 0 radical (unpaired) electrons. The summed E-state index contributed by atoms with van der Waals surface area (Å²) >= 11 is 0. The van der Waals surface area contributed by atoms with Crippen LogP contribution < -0.4 is 21.9 Å². The van der Waals surface area contributed by atoms with Crippen molar-refractivity contribution < 1.29 is 14.4 Å². The molecule has 0 heterocycles. The van der Waals surface area contributed by atoms with E-state index in [4.69, 9.17) is 5.73 Å². The molecule has 0 aromatic heterocycles. The van der Waals surface area contributed by atoms with Gasteiger partial charge >= 0.3 is 6.03 Å². The number of amides is 4. The Morgan fingerprint density at radius 2 is 1.54 bits per heavy atom. The van der Waals surface area contributed by atoms with Gasteiger partial charge in [0.15, 0.2) is 0 Å². The maximum absolute atomic E-state index is 13.0. The molecule has 0 unspecified atom stereocenters. The summed E-state index contributed by atoms with van der Waals surface area (Å²) in [5.74, 6) is 1.39. The van der Waals surface area contributed by atoms with Gasteiger partial charge in [-0.05, 0) is 61.8 Å². The largest absolute Gasteiger partial charge is 0.352 e. The molecule has 4 fully saturated rings. The molecule has 150 valence electrons. The van der Waals surface area contributed by atoms with Crippen LogP contribution in [-0.2, 0) is 16.0 Å². The number of carbonyl (C=O) groups is 3. The number of urea groups is 1. The van der Waals surface area contributed by atoms with Gasteiger partial charge in [-0.3, -0.25) is 20.4 Å². The standard InChI is InChI=1S/C21H28N4O3/c22-20(28)23-17(9-13-4-2-1-3-5-13)18(26)24-25-19(27)21-10-14-6-15(11-21)8-16(7-14)12-21/h1-5,14-17H,6-12H2,(H,24,26)(H,25,27)(H3,22,23,28)/t14?,15?,16?,17-,21?/m1/s1. The van der Waals surface area contributed by atoms with Crippen LogP contribution in [0.5, 0.6) is 0 Å². The quantitative estimate of drug-likeness (QED) is 0.579. The summed E-state index contributed by atoms with van der Waals surface area (Å²) in [4.78, 5) is 36.9. The summed E-state index contributed by atoms with van der Waals surface area (Å²) in [6, 6.07) is 7.73. The average molecular weight is 384 g/mol. The molecule has 5 N–H and O–H groups in total. The predicted octanol–water partition coefficient (Wildman–Crippen LogP) is 1.63. The van der Waals surface area contributed by atoms with Crippen molar-refractivity contribution in [1.29, 1.82) is 0 Å². The van der Waals surface area contributed by atoms with E-state index in [2.05, 4.69) is 16.2 Å². The van der Waals surface area contributed by atoms with Crippen LogP contribution in [0.4, 0.5) is 4.79 Å². The minimum atomic E-state index is -0.850. The van der Waals surface area contributed by atoms with Crippen LogP contribution in [0.3, 0.4) is 0 Å². The molecule has 1 atom stereocenters. The van der Waals surface area contributed by atoms with E-state index in [1.54, 1.807) is 0 Å². The first-order valence-electron chi connectivity index (χ1n) is 10.1. The summed E-state index contributed by atoms with van der Waals surface area (Å²) in [6.07, 6.45) is 6.82. The van der Waals surface area contributed by atoms with Gasteiger partial charge in [-0.15, -0.1) is 0 Å². The lowest BCUT2D eigenvalue weighted by atomic mass is 9.49. The molecule has 4 aliphatic carbocycles. The predicted molar refractivity (Wildman–Crippen MR) is 104 cm³/mol. The molecular weight excluding hydrogens is 356 g/mol. The lowest BCUT2D eigenvalue weighted by Gasteiger charge is -2.55. The number of benzene rings is 1. The van der Waals surface area contributed by atoms with Crippen LogP contribution in [0, 0.1) is 23.2 Å². The molecule has 4 saturated carbocycles. The van der Waals surface area contributed by atoms with Crippen molar-refractivity contribution in [3.63, 3.8) is 0 Å². The molecule has 5 rings (SSSR count). The molecule has 7 nitrogen and oxygen atoms in total. The number of nitrogens with two attached hydrogens (primary N) is 1. The van der Waals surface area contributed by atoms with Gasteiger partial charge in [0.1, 0.15) is 6.04 Å². The molecule has 4 aliphatic rings. The molecule has 1 aromatic rings. The fraction of sp³-hybridized carbons (Fsp3) is 0.571. The van der Waals surface area contributed by atoms with Crippen molar-refractivity contribution in [3.8, 4) is 0 Å². The van der Waals surface area contributed by atoms with E-state index in [9.17, 15) is 14.4 Å². The first kappa shape index (κ1) is 18.8. The molecule has 4 bridgehead atoms. The molecule has 7 heteroatoms. The second-order valence-electron chi connectivity index (χ2n) is 8.89. The van der Waals surface area contributed by atoms with Crippen LogP contribution in [0.2, 0.25) is 0 Å². The summed E-state index contributed by atoms with van der Waals surface area (Å²) < 4.78 is 0. The minimum Gasteiger partial charge on any atom is -0.352 e. The second kappa shape index (κ2) is 7.45. The van der Waals surface area contributed by atoms with Crippen LogP contribution in [-0.4, -0.2) is 23.9 Å². The summed E-state index contributed by atoms with van der Waals surface area (Å²) in [5.41, 5.74) is 11.0. The Hall–Kier alpha value is -2.57. The lowest BCUT2D eigenvalue weighted by Crippen LogP contribution is -2.59. The van der Waals surface area contributed by atoms with E-state index < -0.39 is 18.0 Å². The van der Waals surface area contributed by atoms with Gasteiger partial charge in [-0.2, -0.15) is 0 Å². The van der Waals surface area contributed by atoms with Crippen LogP contribution >= 0.6 is 0 Å². The number of hydrazine groups is 1. The molecule has 28 heavy (non-hydrogen) atoms. The Balaban J connectivity index is 1.37. The van der Waals surface area contributed by atoms with E-state index in [-0.39, 0.29) is 11.3 Å². The zero-order valence-corrected chi connectivity index (χ0v) is 15.9. The monoisotopic (exact) mass is 384 g/mol. The maximum Gasteiger partial charge on any atom is 0.312 e. The first-order valence-corrected chi connectivity index (χ1v) is 10.1. The second-order valence-corrected chi connectivity index (χ2v) is 8.89. The molecular formula is C21H28N4O3. The van der Waals surface area contributed by atoms with Crippen molar-refractivity contribution in [1.82, 2.24) is 16.2 Å². The minimum absolute atomic E-state index is 0.0857. The molecule has 4 amide bonds. The molecule has 0 saturated heterocycles. The Morgan fingerprint density at radius 3 is 2.07 bits per heavy atom. The zero-order chi connectivity index (χ0) is 19.7. The van der Waals surface area contributed by atoms with Gasteiger partial charge < -0.3 is 11.1 Å². The third kappa shape index (κ3) is 3.84. The van der Waals surface area contributed by atoms with Gasteiger partial charge in [0, 0.05) is 6.42 Å². The lowest BCUT2D eigenvalue weighted by molar-refractivity contribution is -0.149. The summed E-state index contributed by atoms with van der Waals surface area (Å²) in [7, 11) is 0. The van der Waals surface area contributed by atoms with Crippen molar-refractivity contribution in [3.05, 3.63) is 35.9 Å². The third-order valence-electron chi connectivity index (χ3n) is 6.73. The van der Waals surface area contributed by atoms with Gasteiger partial charge in [-0.25, -0.2) is 4.79 Å². The fourth-order valence-electron chi connectivity index (χ4n) is 5.96. The summed E-state index contributed by atoms with van der Waals surface area (Å²) in [5, 5.41) is 2.46. The highest BCUT2D eigenvalue weighted by atomic mass is 16.2. The van der Waals surface area contributed by atoms with Crippen molar-refractivity contribution in [2.24, 2.45) is 28.9 Å². The van der Waals surface area contributed by atoms with Crippen LogP contribution in [0.15, 0.2) is 30.3 Å². The topological polar surface area (TPSA) is 113 Å². The Morgan fingerprint density at radius 1 is 0.964 bits per heavy atom. The molecule has 1 aromatic carbocycles. The molecule has 0 aliphatic heterocycles. The zero-order valence-electron chi connectivity index (χ0n) is 15.9. The van der Waals surface area contributed by atoms with Crippen LogP contribution in [0.25, 0.3) is 0 Å². The van der Waals surface area contributed by atoms with Crippen molar-refractivity contribution in [2.45, 2.75) is 51.0 Å². The highest BCUT2D eigenvalue weighted by Crippen LogP contribution is 2.60. The fourth-order valence-corrected chi connectivity index (χ4v) is 5.96. The van der Waals surface area contributed by atoms with Gasteiger partial charge in [-0.1, -0.05) is 30.3 Å². The Kier molecular flexibility index (Phi) is 5.00. The highest BCUT2D eigenvalue weighted by molar-refractivity contribution is 5.90. The number of carbonyl (C=O) groups excluding carboxylic acids is 3. The van der Waals surface area contributed by atoms with E-state index in [0.717, 1.165) is 24.8 Å². The van der Waals surface area contributed by atoms with Gasteiger partial charge in [0.2, 0.25) is 5.91 Å². The number of hydrogen-bond donors (Lipinski definition) is 4. The highest BCUT2D eigenvalue weighted by Gasteiger charge is 2.54. The van der Waals surface area contributed by atoms with Crippen molar-refractivity contribution >= 4 is 17.8 Å².